The van der Waals surface area contributed by atoms with Gasteiger partial charge in [0.1, 0.15) is 12.7 Å². The maximum Gasteiger partial charge on any atom is 0.254 e. The van der Waals surface area contributed by atoms with Crippen molar-refractivity contribution in [3.63, 3.8) is 0 Å². The first-order chi connectivity index (χ1) is 12.3. The molecule has 0 N–H and O–H groups in total. The minimum absolute atomic E-state index is 0.229. The Hall–Kier alpha value is -2.17. The monoisotopic (exact) mass is 336 g/mol. The summed E-state index contributed by atoms with van der Waals surface area (Å²) in [7, 11) is 0. The molecule has 5 nitrogen and oxygen atoms in total. The van der Waals surface area contributed by atoms with Crippen molar-refractivity contribution in [2.45, 2.75) is 44.7 Å². The normalized spacial score (nSPS) is 26.2. The van der Waals surface area contributed by atoms with Gasteiger partial charge < -0.3 is 4.90 Å². The molecular weight excluding hydrogens is 312 g/mol. The lowest BCUT2D eigenvalue weighted by Gasteiger charge is -2.24. The fourth-order valence-electron chi connectivity index (χ4n) is 4.39. The number of aromatic nitrogens is 3. The second-order valence-corrected chi connectivity index (χ2v) is 7.99. The van der Waals surface area contributed by atoms with E-state index in [4.69, 9.17) is 0 Å². The number of nitrogens with zero attached hydrogens (tertiary/aromatic N) is 4. The molecule has 3 aliphatic rings. The van der Waals surface area contributed by atoms with Crippen molar-refractivity contribution in [1.29, 1.82) is 0 Å². The van der Waals surface area contributed by atoms with Gasteiger partial charge in [-0.3, -0.25) is 4.79 Å². The fraction of sp³-hybridized carbons (Fsp3) is 0.550. The average molecular weight is 336 g/mol. The molecule has 2 aliphatic carbocycles. The van der Waals surface area contributed by atoms with Gasteiger partial charge in [0.05, 0.1) is 6.54 Å². The van der Waals surface area contributed by atoms with Crippen LogP contribution in [0, 0.1) is 17.8 Å². The van der Waals surface area contributed by atoms with Crippen LogP contribution in [0.1, 0.15) is 48.0 Å². The van der Waals surface area contributed by atoms with E-state index < -0.39 is 0 Å². The second kappa shape index (κ2) is 5.97. The second-order valence-electron chi connectivity index (χ2n) is 7.99. The highest BCUT2D eigenvalue weighted by atomic mass is 16.2. The van der Waals surface area contributed by atoms with Gasteiger partial charge in [0.15, 0.2) is 0 Å². The summed E-state index contributed by atoms with van der Waals surface area (Å²) in [5.41, 5.74) is 1.96. The van der Waals surface area contributed by atoms with Crippen LogP contribution >= 0.6 is 0 Å². The summed E-state index contributed by atoms with van der Waals surface area (Å²) in [6, 6.07) is 8.52. The standard InChI is InChI=1S/C20H24N4O/c25-20(17-3-1-14(2-4-17)10-23-13-21-12-22-23)24-11-18(15-5-6-15)9-19(24)16-7-8-16/h1-4,12-13,15-16,18-19H,5-11H2/t18-,19-/m1/s1. The lowest BCUT2D eigenvalue weighted by molar-refractivity contribution is 0.0716. The molecule has 2 heterocycles. The first kappa shape index (κ1) is 15.1. The van der Waals surface area contributed by atoms with Crippen LogP contribution in [0.2, 0.25) is 0 Å². The van der Waals surface area contributed by atoms with Crippen LogP contribution in [-0.4, -0.2) is 38.2 Å². The maximum atomic E-state index is 13.1. The number of carbonyl (C=O) groups excluding carboxylic acids is 1. The Morgan fingerprint density at radius 1 is 1.04 bits per heavy atom. The van der Waals surface area contributed by atoms with Crippen molar-refractivity contribution >= 4 is 5.91 Å². The highest BCUT2D eigenvalue weighted by molar-refractivity contribution is 5.94. The molecule has 2 aromatic rings. The molecule has 5 rings (SSSR count). The molecule has 25 heavy (non-hydrogen) atoms. The molecule has 1 aromatic heterocycles. The number of benzene rings is 1. The highest BCUT2D eigenvalue weighted by Crippen LogP contribution is 2.48. The molecule has 1 aromatic carbocycles. The van der Waals surface area contributed by atoms with E-state index in [9.17, 15) is 4.79 Å². The van der Waals surface area contributed by atoms with Crippen LogP contribution in [-0.2, 0) is 6.54 Å². The molecule has 130 valence electrons. The van der Waals surface area contributed by atoms with Crippen LogP contribution in [0.3, 0.4) is 0 Å². The molecule has 0 radical (unpaired) electrons. The predicted molar refractivity (Wildman–Crippen MR) is 93.9 cm³/mol. The highest BCUT2D eigenvalue weighted by Gasteiger charge is 2.47. The molecule has 1 amide bonds. The van der Waals surface area contributed by atoms with Crippen molar-refractivity contribution in [2.75, 3.05) is 6.54 Å². The molecule has 5 heteroatoms. The first-order valence-electron chi connectivity index (χ1n) is 9.50. The first-order valence-corrected chi connectivity index (χ1v) is 9.50. The summed E-state index contributed by atoms with van der Waals surface area (Å²) in [4.78, 5) is 19.3. The van der Waals surface area contributed by atoms with Gasteiger partial charge in [0.25, 0.3) is 5.91 Å². The van der Waals surface area contributed by atoms with Gasteiger partial charge in [0.2, 0.25) is 0 Å². The smallest absolute Gasteiger partial charge is 0.254 e. The zero-order valence-electron chi connectivity index (χ0n) is 14.4. The number of rotatable bonds is 5. The van der Waals surface area contributed by atoms with Gasteiger partial charge in [0, 0.05) is 18.2 Å². The van der Waals surface area contributed by atoms with E-state index in [-0.39, 0.29) is 5.91 Å². The van der Waals surface area contributed by atoms with E-state index in [2.05, 4.69) is 15.0 Å². The number of hydrogen-bond donors (Lipinski definition) is 0. The molecule has 0 unspecified atom stereocenters. The maximum absolute atomic E-state index is 13.1. The molecule has 1 saturated heterocycles. The zero-order chi connectivity index (χ0) is 16.8. The number of likely N-dealkylation sites (tertiary alicyclic amines) is 1. The summed E-state index contributed by atoms with van der Waals surface area (Å²) in [6.07, 6.45) is 9.86. The lowest BCUT2D eigenvalue weighted by atomic mass is 9.98. The number of carbonyl (C=O) groups is 1. The van der Waals surface area contributed by atoms with Crippen LogP contribution < -0.4 is 0 Å². The molecular formula is C20H24N4O. The topological polar surface area (TPSA) is 51.0 Å². The van der Waals surface area contributed by atoms with E-state index in [0.29, 0.717) is 12.6 Å². The van der Waals surface area contributed by atoms with E-state index in [0.717, 1.165) is 35.4 Å². The SMILES string of the molecule is O=C(c1ccc(Cn2cncn2)cc1)N1C[C@H](C2CC2)C[C@@H]1C1CC1. The van der Waals surface area contributed by atoms with Gasteiger partial charge >= 0.3 is 0 Å². The van der Waals surface area contributed by atoms with Gasteiger partial charge in [-0.2, -0.15) is 5.10 Å². The van der Waals surface area contributed by atoms with Gasteiger partial charge in [-0.15, -0.1) is 0 Å². The zero-order valence-corrected chi connectivity index (χ0v) is 14.4. The largest absolute Gasteiger partial charge is 0.335 e. The van der Waals surface area contributed by atoms with Gasteiger partial charge in [-0.05, 0) is 67.6 Å². The minimum atomic E-state index is 0.229. The third-order valence-electron chi connectivity index (χ3n) is 6.10. The summed E-state index contributed by atoms with van der Waals surface area (Å²) in [5, 5.41) is 4.13. The summed E-state index contributed by atoms with van der Waals surface area (Å²) in [6.45, 7) is 1.66. The van der Waals surface area contributed by atoms with Crippen LogP contribution in [0.15, 0.2) is 36.9 Å². The molecule has 0 spiro atoms. The molecule has 3 fully saturated rings. The van der Waals surface area contributed by atoms with Crippen LogP contribution in [0.4, 0.5) is 0 Å². The van der Waals surface area contributed by atoms with Gasteiger partial charge in [-0.25, -0.2) is 9.67 Å². The summed E-state index contributed by atoms with van der Waals surface area (Å²) >= 11 is 0. The molecule has 0 bridgehead atoms. The number of hydrogen-bond acceptors (Lipinski definition) is 3. The van der Waals surface area contributed by atoms with E-state index >= 15 is 0 Å². The Kier molecular flexibility index (Phi) is 3.61. The number of amides is 1. The molecule has 2 atom stereocenters. The van der Waals surface area contributed by atoms with Crippen molar-refractivity contribution < 1.29 is 4.79 Å². The van der Waals surface area contributed by atoms with Gasteiger partial charge in [-0.1, -0.05) is 12.1 Å². The Morgan fingerprint density at radius 2 is 1.80 bits per heavy atom. The average Bonchev–Trinajstić information content (AvgIpc) is 3.57. The Bertz CT molecular complexity index is 747. The van der Waals surface area contributed by atoms with E-state index in [1.54, 1.807) is 17.3 Å². The van der Waals surface area contributed by atoms with Crippen LogP contribution in [0.25, 0.3) is 0 Å². The minimum Gasteiger partial charge on any atom is -0.335 e. The van der Waals surface area contributed by atoms with Crippen molar-refractivity contribution in [3.05, 3.63) is 48.0 Å². The Labute approximate surface area is 148 Å². The predicted octanol–water partition coefficient (Wildman–Crippen LogP) is 2.98. The van der Waals surface area contributed by atoms with Crippen molar-refractivity contribution in [3.8, 4) is 0 Å². The Morgan fingerprint density at radius 3 is 2.44 bits per heavy atom. The van der Waals surface area contributed by atoms with Crippen molar-refractivity contribution in [1.82, 2.24) is 19.7 Å². The third kappa shape index (κ3) is 3.08. The van der Waals surface area contributed by atoms with Crippen molar-refractivity contribution in [2.24, 2.45) is 17.8 Å². The summed E-state index contributed by atoms with van der Waals surface area (Å²) < 4.78 is 1.79. The van der Waals surface area contributed by atoms with Crippen LogP contribution in [0.5, 0.6) is 0 Å². The molecule has 1 aliphatic heterocycles. The quantitative estimate of drug-likeness (QED) is 0.843. The van der Waals surface area contributed by atoms with E-state index in [1.807, 2.05) is 24.3 Å². The Balaban J connectivity index is 1.30. The lowest BCUT2D eigenvalue weighted by Crippen LogP contribution is -2.37. The summed E-state index contributed by atoms with van der Waals surface area (Å²) in [5.74, 6) is 2.64. The third-order valence-corrected chi connectivity index (χ3v) is 6.10. The molecule has 2 saturated carbocycles. The van der Waals surface area contributed by atoms with E-state index in [1.165, 1.54) is 32.1 Å². The fourth-order valence-corrected chi connectivity index (χ4v) is 4.39.